The number of aromatic nitrogens is 4. The van der Waals surface area contributed by atoms with Gasteiger partial charge in [0.25, 0.3) is 11.6 Å². The molecule has 1 fully saturated rings. The van der Waals surface area contributed by atoms with E-state index in [0.717, 1.165) is 16.7 Å². The molecule has 1 aromatic heterocycles. The van der Waals surface area contributed by atoms with Gasteiger partial charge in [0, 0.05) is 25.7 Å². The van der Waals surface area contributed by atoms with Gasteiger partial charge in [0.05, 0.1) is 29.2 Å². The number of carbonyl (C=O) groups excluding carboxylic acids is 3. The third kappa shape index (κ3) is 5.05. The SMILES string of the molecule is CO[C@]1(NC(=O)CSCC#N)C(=O)N2C(C(=O)[O-])=C(CSc3nnnn3C)CS[C@@H]21.[Na+]. The van der Waals surface area contributed by atoms with E-state index in [4.69, 9.17) is 10.00 Å². The monoisotopic (exact) mass is 493 g/mol. The van der Waals surface area contributed by atoms with Crippen molar-refractivity contribution in [3.63, 3.8) is 0 Å². The molecule has 1 saturated heterocycles. The topological polar surface area (TPSA) is 166 Å². The molecule has 2 aliphatic heterocycles. The first-order chi connectivity index (χ1) is 14.4. The summed E-state index contributed by atoms with van der Waals surface area (Å²) >= 11 is 3.60. The first-order valence-corrected chi connectivity index (χ1v) is 11.6. The molecule has 2 aliphatic rings. The van der Waals surface area contributed by atoms with Crippen LogP contribution in [0.2, 0.25) is 0 Å². The Labute approximate surface area is 212 Å². The van der Waals surface area contributed by atoms with E-state index in [1.54, 1.807) is 7.05 Å². The molecule has 2 amide bonds. The zero-order valence-electron chi connectivity index (χ0n) is 16.9. The molecule has 16 heteroatoms. The molecule has 2 atom stereocenters. The number of carbonyl (C=O) groups is 3. The largest absolute Gasteiger partial charge is 1.00 e. The second kappa shape index (κ2) is 11.0. The van der Waals surface area contributed by atoms with Gasteiger partial charge in [0.15, 0.2) is 0 Å². The molecule has 0 spiro atoms. The number of ether oxygens (including phenoxy) is 1. The Morgan fingerprint density at radius 1 is 1.52 bits per heavy atom. The molecule has 0 radical (unpaired) electrons. The van der Waals surface area contributed by atoms with E-state index < -0.39 is 28.9 Å². The number of amides is 2. The number of aliphatic carboxylic acids is 1. The van der Waals surface area contributed by atoms with Crippen LogP contribution in [0.3, 0.4) is 0 Å². The molecule has 31 heavy (non-hydrogen) atoms. The van der Waals surface area contributed by atoms with Gasteiger partial charge in [-0.15, -0.1) is 28.6 Å². The third-order valence-electron chi connectivity index (χ3n) is 4.31. The molecule has 160 valence electrons. The number of carboxylic acids is 1. The van der Waals surface area contributed by atoms with Crippen molar-refractivity contribution in [2.45, 2.75) is 16.3 Å². The van der Waals surface area contributed by atoms with E-state index in [-0.39, 0.29) is 52.5 Å². The fourth-order valence-corrected chi connectivity index (χ4v) is 5.85. The number of aryl methyl sites for hydroxylation is 1. The van der Waals surface area contributed by atoms with Crippen LogP contribution < -0.4 is 40.0 Å². The minimum atomic E-state index is -1.66. The van der Waals surface area contributed by atoms with Crippen molar-refractivity contribution in [3.8, 4) is 6.07 Å². The molecule has 3 heterocycles. The number of β-lactam (4-membered cyclic amide) rings is 1. The molecule has 12 nitrogen and oxygen atoms in total. The van der Waals surface area contributed by atoms with E-state index in [9.17, 15) is 19.5 Å². The van der Waals surface area contributed by atoms with Crippen molar-refractivity contribution < 1.29 is 53.8 Å². The summed E-state index contributed by atoms with van der Waals surface area (Å²) in [4.78, 5) is 38.0. The number of rotatable bonds is 9. The second-order valence-electron chi connectivity index (χ2n) is 6.09. The maximum Gasteiger partial charge on any atom is 1.00 e. The van der Waals surface area contributed by atoms with Crippen LogP contribution in [0.5, 0.6) is 0 Å². The standard InChI is InChI=1S/C15H17N7O5S3.Na/c1-21-14(18-19-20-21)30-6-8-5-29-13-15(27-2,17-9(23)7-28-4-3-16)12(26)22(13)10(8)11(24)25;/h13H,4-7H2,1-2H3,(H,17,23)(H,24,25);/q;+1/p-1/t13-,15-;/m1./s1. The zero-order chi connectivity index (χ0) is 21.9. The predicted molar refractivity (Wildman–Crippen MR) is 105 cm³/mol. The molecule has 0 saturated carbocycles. The maximum absolute atomic E-state index is 12.9. The van der Waals surface area contributed by atoms with Crippen molar-refractivity contribution in [3.05, 3.63) is 11.3 Å². The Balaban J connectivity index is 0.00000341. The zero-order valence-corrected chi connectivity index (χ0v) is 21.3. The van der Waals surface area contributed by atoms with Crippen LogP contribution in [-0.2, 0) is 26.2 Å². The van der Waals surface area contributed by atoms with Gasteiger partial charge in [-0.2, -0.15) is 5.26 Å². The summed E-state index contributed by atoms with van der Waals surface area (Å²) in [5.74, 6) is -2.02. The van der Waals surface area contributed by atoms with Crippen LogP contribution in [0.4, 0.5) is 0 Å². The molecule has 0 aliphatic carbocycles. The predicted octanol–water partition coefficient (Wildman–Crippen LogP) is -5.06. The van der Waals surface area contributed by atoms with Gasteiger partial charge >= 0.3 is 29.6 Å². The molecular formula is C15H16N7NaO5S3. The Morgan fingerprint density at radius 2 is 2.26 bits per heavy atom. The number of thioether (sulfide) groups is 3. The smallest absolute Gasteiger partial charge is 0.543 e. The Bertz CT molecular complexity index is 952. The van der Waals surface area contributed by atoms with Crippen molar-refractivity contribution in [2.75, 3.05) is 30.1 Å². The van der Waals surface area contributed by atoms with Gasteiger partial charge < -0.3 is 20.0 Å². The number of tetrazole rings is 1. The average Bonchev–Trinajstić information content (AvgIpc) is 3.14. The van der Waals surface area contributed by atoms with Gasteiger partial charge in [0.1, 0.15) is 5.37 Å². The summed E-state index contributed by atoms with van der Waals surface area (Å²) in [7, 11) is 2.93. The number of fused-ring (bicyclic) bond motifs is 1. The summed E-state index contributed by atoms with van der Waals surface area (Å²) in [5, 5.41) is 33.8. The van der Waals surface area contributed by atoms with Crippen molar-refractivity contribution in [2.24, 2.45) is 7.05 Å². The Morgan fingerprint density at radius 3 is 2.84 bits per heavy atom. The average molecular weight is 494 g/mol. The van der Waals surface area contributed by atoms with E-state index in [0.29, 0.717) is 16.5 Å². The molecule has 0 unspecified atom stereocenters. The molecule has 1 aromatic rings. The minimum Gasteiger partial charge on any atom is -0.543 e. The van der Waals surface area contributed by atoms with Crippen LogP contribution in [0.1, 0.15) is 0 Å². The summed E-state index contributed by atoms with van der Waals surface area (Å²) < 4.78 is 6.79. The number of nitriles is 1. The maximum atomic E-state index is 12.9. The van der Waals surface area contributed by atoms with E-state index in [1.165, 1.54) is 35.3 Å². The molecule has 0 aromatic carbocycles. The van der Waals surface area contributed by atoms with E-state index >= 15 is 0 Å². The fraction of sp³-hybridized carbons (Fsp3) is 0.533. The van der Waals surface area contributed by atoms with Crippen LogP contribution in [0.15, 0.2) is 16.4 Å². The summed E-state index contributed by atoms with van der Waals surface area (Å²) in [6.45, 7) is 0. The van der Waals surface area contributed by atoms with Gasteiger partial charge in [-0.05, 0) is 16.0 Å². The second-order valence-corrected chi connectivity index (χ2v) is 9.09. The van der Waals surface area contributed by atoms with Crippen molar-refractivity contribution in [1.29, 1.82) is 5.26 Å². The van der Waals surface area contributed by atoms with Gasteiger partial charge in [0.2, 0.25) is 11.1 Å². The Hall–Kier alpha value is -1.28. The van der Waals surface area contributed by atoms with Crippen LogP contribution >= 0.6 is 35.3 Å². The van der Waals surface area contributed by atoms with E-state index in [1.807, 2.05) is 6.07 Å². The number of hydrogen-bond donors (Lipinski definition) is 1. The van der Waals surface area contributed by atoms with Gasteiger partial charge in [-0.3, -0.25) is 14.5 Å². The fourth-order valence-electron chi connectivity index (χ4n) is 2.97. The summed E-state index contributed by atoms with van der Waals surface area (Å²) in [5.41, 5.74) is -1.41. The Kier molecular flexibility index (Phi) is 9.25. The van der Waals surface area contributed by atoms with Crippen LogP contribution in [0, 0.1) is 11.3 Å². The first kappa shape index (κ1) is 26.0. The number of nitrogens with one attached hydrogen (secondary N) is 1. The third-order valence-corrected chi connectivity index (χ3v) is 7.58. The molecule has 0 bridgehead atoms. The van der Waals surface area contributed by atoms with Crippen LogP contribution in [0.25, 0.3) is 0 Å². The van der Waals surface area contributed by atoms with Crippen molar-refractivity contribution in [1.82, 2.24) is 30.4 Å². The van der Waals surface area contributed by atoms with Gasteiger partial charge in [-0.1, -0.05) is 11.8 Å². The number of hydrogen-bond acceptors (Lipinski definition) is 12. The molecule has 3 rings (SSSR count). The van der Waals surface area contributed by atoms with E-state index in [2.05, 4.69) is 20.8 Å². The first-order valence-electron chi connectivity index (χ1n) is 8.40. The minimum absolute atomic E-state index is 0. The van der Waals surface area contributed by atoms with Gasteiger partial charge in [-0.25, -0.2) is 4.68 Å². The molecule has 1 N–H and O–H groups in total. The quantitative estimate of drug-likeness (QED) is 0.115. The summed E-state index contributed by atoms with van der Waals surface area (Å²) in [6, 6.07) is 1.91. The number of carboxylic acid groups (broad SMARTS) is 1. The molecular weight excluding hydrogens is 477 g/mol. The number of nitrogens with zero attached hydrogens (tertiary/aromatic N) is 6. The van der Waals surface area contributed by atoms with Crippen molar-refractivity contribution >= 4 is 53.1 Å². The van der Waals surface area contributed by atoms with Crippen LogP contribution in [-0.4, -0.2) is 84.1 Å². The number of methoxy groups -OCH3 is 1. The summed E-state index contributed by atoms with van der Waals surface area (Å²) in [6.07, 6.45) is 0. The normalized spacial score (nSPS) is 22.2.